The Labute approximate surface area is 114 Å². The van der Waals surface area contributed by atoms with E-state index in [2.05, 4.69) is 12.2 Å². The lowest BCUT2D eigenvalue weighted by Gasteiger charge is -2.41. The van der Waals surface area contributed by atoms with Crippen LogP contribution in [0.3, 0.4) is 0 Å². The quantitative estimate of drug-likeness (QED) is 0.790. The lowest BCUT2D eigenvalue weighted by Crippen LogP contribution is -2.49. The molecule has 1 spiro atoms. The number of aliphatic hydroxyl groups is 1. The summed E-state index contributed by atoms with van der Waals surface area (Å²) in [6, 6.07) is 0.527. The molecule has 3 atom stereocenters. The zero-order chi connectivity index (χ0) is 13.0. The second-order valence-corrected chi connectivity index (χ2v) is 6.68. The molecule has 2 aliphatic rings. The van der Waals surface area contributed by atoms with Gasteiger partial charge in [-0.2, -0.15) is 11.8 Å². The van der Waals surface area contributed by atoms with E-state index in [1.165, 1.54) is 0 Å². The van der Waals surface area contributed by atoms with Gasteiger partial charge in [0.1, 0.15) is 0 Å². The lowest BCUT2D eigenvalue weighted by atomic mass is 9.89. The van der Waals surface area contributed by atoms with Crippen molar-refractivity contribution in [3.63, 3.8) is 0 Å². The molecule has 2 rings (SSSR count). The van der Waals surface area contributed by atoms with Crippen molar-refractivity contribution in [3.05, 3.63) is 0 Å². The predicted octanol–water partition coefficient (Wildman–Crippen LogP) is 1.23. The first-order chi connectivity index (χ1) is 8.69. The average molecular weight is 275 g/mol. The average Bonchev–Trinajstić information content (AvgIpc) is 2.84. The number of hydrogen-bond donors (Lipinski definition) is 2. The summed E-state index contributed by atoms with van der Waals surface area (Å²) in [5.74, 6) is 1.04. The minimum absolute atomic E-state index is 0.266. The lowest BCUT2D eigenvalue weighted by molar-refractivity contribution is -0.177. The van der Waals surface area contributed by atoms with Gasteiger partial charge in [-0.3, -0.25) is 0 Å². The van der Waals surface area contributed by atoms with Crippen LogP contribution in [-0.2, 0) is 9.47 Å². The Hall–Kier alpha value is 0.190. The highest BCUT2D eigenvalue weighted by atomic mass is 32.2. The summed E-state index contributed by atoms with van der Waals surface area (Å²) >= 11 is 1.94. The van der Waals surface area contributed by atoms with E-state index in [-0.39, 0.29) is 12.4 Å². The summed E-state index contributed by atoms with van der Waals surface area (Å²) in [4.78, 5) is 0. The van der Waals surface area contributed by atoms with Gasteiger partial charge < -0.3 is 19.9 Å². The summed E-state index contributed by atoms with van der Waals surface area (Å²) in [5.41, 5.74) is 0. The van der Waals surface area contributed by atoms with Crippen LogP contribution in [0.25, 0.3) is 0 Å². The summed E-state index contributed by atoms with van der Waals surface area (Å²) in [5, 5.41) is 13.0. The van der Waals surface area contributed by atoms with E-state index in [0.717, 1.165) is 38.2 Å². The first kappa shape index (κ1) is 14.6. The van der Waals surface area contributed by atoms with E-state index in [9.17, 15) is 0 Å². The largest absolute Gasteiger partial charge is 0.396 e. The molecular weight excluding hydrogens is 250 g/mol. The number of rotatable bonds is 5. The molecule has 2 N–H and O–H groups in total. The SMILES string of the molecule is CNC1CCC2(CC1SCC(C)CO)OCCO2. The number of aliphatic hydroxyl groups excluding tert-OH is 1. The predicted molar refractivity (Wildman–Crippen MR) is 73.8 cm³/mol. The molecule has 1 saturated heterocycles. The smallest absolute Gasteiger partial charge is 0.169 e. The molecule has 0 radical (unpaired) electrons. The van der Waals surface area contributed by atoms with Crippen molar-refractivity contribution in [1.82, 2.24) is 5.32 Å². The van der Waals surface area contributed by atoms with Crippen LogP contribution >= 0.6 is 11.8 Å². The standard InChI is InChI=1S/C13H25NO3S/c1-10(8-15)9-18-12-7-13(16-5-6-17-13)4-3-11(12)14-2/h10-12,14-15H,3-9H2,1-2H3. The van der Waals surface area contributed by atoms with Crippen molar-refractivity contribution in [1.29, 1.82) is 0 Å². The second kappa shape index (κ2) is 6.57. The normalized spacial score (nSPS) is 32.8. The van der Waals surface area contributed by atoms with E-state index in [1.54, 1.807) is 0 Å². The van der Waals surface area contributed by atoms with Crippen molar-refractivity contribution >= 4 is 11.8 Å². The zero-order valence-corrected chi connectivity index (χ0v) is 12.2. The van der Waals surface area contributed by atoms with Gasteiger partial charge in [-0.1, -0.05) is 6.92 Å². The van der Waals surface area contributed by atoms with Gasteiger partial charge in [-0.25, -0.2) is 0 Å². The molecule has 2 fully saturated rings. The fourth-order valence-electron chi connectivity index (χ4n) is 2.72. The first-order valence-electron chi connectivity index (χ1n) is 6.87. The maximum Gasteiger partial charge on any atom is 0.169 e. The number of nitrogens with one attached hydrogen (secondary N) is 1. The van der Waals surface area contributed by atoms with Gasteiger partial charge in [0.05, 0.1) is 13.2 Å². The summed E-state index contributed by atoms with van der Waals surface area (Å²) in [6.07, 6.45) is 3.05. The molecule has 0 aromatic rings. The number of thioether (sulfide) groups is 1. The Morgan fingerprint density at radius 3 is 2.78 bits per heavy atom. The van der Waals surface area contributed by atoms with Crippen LogP contribution in [0.5, 0.6) is 0 Å². The van der Waals surface area contributed by atoms with E-state index in [0.29, 0.717) is 17.2 Å². The maximum absolute atomic E-state index is 9.11. The van der Waals surface area contributed by atoms with Crippen LogP contribution in [0, 0.1) is 5.92 Å². The highest BCUT2D eigenvalue weighted by Gasteiger charge is 2.44. The molecule has 0 amide bonds. The molecule has 0 aromatic heterocycles. The first-order valence-corrected chi connectivity index (χ1v) is 7.91. The topological polar surface area (TPSA) is 50.7 Å². The number of hydrogen-bond acceptors (Lipinski definition) is 5. The third-order valence-corrected chi connectivity index (χ3v) is 5.57. The Morgan fingerprint density at radius 1 is 1.44 bits per heavy atom. The van der Waals surface area contributed by atoms with Crippen molar-refractivity contribution in [2.75, 3.05) is 32.6 Å². The molecule has 4 nitrogen and oxygen atoms in total. The van der Waals surface area contributed by atoms with Crippen LogP contribution in [-0.4, -0.2) is 54.8 Å². The molecule has 1 aliphatic heterocycles. The van der Waals surface area contributed by atoms with E-state index in [4.69, 9.17) is 14.6 Å². The Balaban J connectivity index is 1.90. The molecule has 106 valence electrons. The van der Waals surface area contributed by atoms with Crippen LogP contribution in [0.2, 0.25) is 0 Å². The molecule has 18 heavy (non-hydrogen) atoms. The van der Waals surface area contributed by atoms with Gasteiger partial charge in [-0.05, 0) is 25.1 Å². The van der Waals surface area contributed by atoms with Crippen molar-refractivity contribution in [3.8, 4) is 0 Å². The summed E-state index contributed by atoms with van der Waals surface area (Å²) < 4.78 is 11.6. The molecular formula is C13H25NO3S. The van der Waals surface area contributed by atoms with Crippen LogP contribution < -0.4 is 5.32 Å². The highest BCUT2D eigenvalue weighted by Crippen LogP contribution is 2.40. The van der Waals surface area contributed by atoms with Gasteiger partial charge in [0.2, 0.25) is 0 Å². The zero-order valence-electron chi connectivity index (χ0n) is 11.4. The van der Waals surface area contributed by atoms with E-state index in [1.807, 2.05) is 18.8 Å². The highest BCUT2D eigenvalue weighted by molar-refractivity contribution is 7.99. The second-order valence-electron chi connectivity index (χ2n) is 5.41. The van der Waals surface area contributed by atoms with Gasteiger partial charge in [0.25, 0.3) is 0 Å². The number of ether oxygens (including phenoxy) is 2. The summed E-state index contributed by atoms with van der Waals surface area (Å²) in [6.45, 7) is 3.81. The van der Waals surface area contributed by atoms with Crippen LogP contribution in [0.1, 0.15) is 26.2 Å². The molecule has 1 aliphatic carbocycles. The minimum atomic E-state index is -0.312. The third kappa shape index (κ3) is 3.39. The Bertz CT molecular complexity index is 259. The van der Waals surface area contributed by atoms with Crippen molar-refractivity contribution in [2.24, 2.45) is 5.92 Å². The molecule has 3 unspecified atom stereocenters. The fraction of sp³-hybridized carbons (Fsp3) is 1.00. The molecule has 0 bridgehead atoms. The molecule has 1 heterocycles. The maximum atomic E-state index is 9.11. The molecule has 5 heteroatoms. The summed E-state index contributed by atoms with van der Waals surface area (Å²) in [7, 11) is 2.03. The minimum Gasteiger partial charge on any atom is -0.396 e. The van der Waals surface area contributed by atoms with Gasteiger partial charge in [0, 0.05) is 30.7 Å². The van der Waals surface area contributed by atoms with Crippen LogP contribution in [0.15, 0.2) is 0 Å². The monoisotopic (exact) mass is 275 g/mol. The molecule has 0 aromatic carbocycles. The van der Waals surface area contributed by atoms with Crippen molar-refractivity contribution in [2.45, 2.75) is 43.3 Å². The van der Waals surface area contributed by atoms with Crippen LogP contribution in [0.4, 0.5) is 0 Å². The Morgan fingerprint density at radius 2 is 2.17 bits per heavy atom. The molecule has 1 saturated carbocycles. The van der Waals surface area contributed by atoms with Gasteiger partial charge in [-0.15, -0.1) is 0 Å². The van der Waals surface area contributed by atoms with Crippen molar-refractivity contribution < 1.29 is 14.6 Å². The van der Waals surface area contributed by atoms with E-state index < -0.39 is 0 Å². The van der Waals surface area contributed by atoms with Gasteiger partial charge in [0.15, 0.2) is 5.79 Å². The van der Waals surface area contributed by atoms with E-state index >= 15 is 0 Å². The van der Waals surface area contributed by atoms with Gasteiger partial charge >= 0.3 is 0 Å². The third-order valence-electron chi connectivity index (χ3n) is 3.89. The Kier molecular flexibility index (Phi) is 5.33. The fourth-order valence-corrected chi connectivity index (χ4v) is 4.27.